The fourth-order valence-corrected chi connectivity index (χ4v) is 5.75. The van der Waals surface area contributed by atoms with Crippen molar-refractivity contribution < 1.29 is 51.9 Å². The molecule has 19 heteroatoms. The van der Waals surface area contributed by atoms with Crippen LogP contribution in [0, 0.1) is 6.92 Å². The summed E-state index contributed by atoms with van der Waals surface area (Å²) in [6, 6.07) is 0. The van der Waals surface area contributed by atoms with Gasteiger partial charge in [0.15, 0.2) is 6.29 Å². The van der Waals surface area contributed by atoms with Gasteiger partial charge in [-0.05, 0) is 6.92 Å². The Morgan fingerprint density at radius 3 is 2.39 bits per heavy atom. The summed E-state index contributed by atoms with van der Waals surface area (Å²) >= 11 is 0. The molecule has 5 atom stereocenters. The van der Waals surface area contributed by atoms with E-state index in [2.05, 4.69) is 8.83 Å². The van der Waals surface area contributed by atoms with Gasteiger partial charge in [-0.15, -0.1) is 4.86 Å². The van der Waals surface area contributed by atoms with Gasteiger partial charge in [-0.2, -0.15) is 4.31 Å². The first-order valence-corrected chi connectivity index (χ1v) is 11.8. The SMILES string of the molecule is Cc1cn([C@H]2C[C@@H](O)[C@@H](OP(=O)(O)NP(=O)(O)OP(=O)(O)O)O2)c(=O)[nH]c1=O. The minimum absolute atomic E-state index is 0.132. The molecule has 28 heavy (non-hydrogen) atoms. The first kappa shape index (κ1) is 23.3. The monoisotopic (exact) mass is 467 g/mol. The molecule has 0 spiro atoms. The number of ether oxygens (including phenoxy) is 1. The molecule has 0 bridgehead atoms. The van der Waals surface area contributed by atoms with Gasteiger partial charge in [0, 0.05) is 18.2 Å². The van der Waals surface area contributed by atoms with Gasteiger partial charge in [0.25, 0.3) is 5.56 Å². The topological polar surface area (TPSA) is 247 Å². The van der Waals surface area contributed by atoms with E-state index in [0.717, 1.165) is 15.6 Å². The van der Waals surface area contributed by atoms with E-state index in [0.29, 0.717) is 0 Å². The first-order chi connectivity index (χ1) is 12.6. The smallest absolute Gasteiger partial charge is 0.388 e. The highest BCUT2D eigenvalue weighted by Crippen LogP contribution is 2.60. The van der Waals surface area contributed by atoms with Crippen molar-refractivity contribution in [2.75, 3.05) is 0 Å². The third-order valence-electron chi connectivity index (χ3n) is 3.22. The lowest BCUT2D eigenvalue weighted by atomic mass is 10.2. The number of rotatable bonds is 7. The number of hydrogen-bond donors (Lipinski definition) is 7. The van der Waals surface area contributed by atoms with Crippen LogP contribution in [0.5, 0.6) is 0 Å². The van der Waals surface area contributed by atoms with E-state index in [4.69, 9.17) is 14.5 Å². The van der Waals surface area contributed by atoms with Crippen LogP contribution in [0.25, 0.3) is 0 Å². The van der Waals surface area contributed by atoms with Crippen molar-refractivity contribution in [1.29, 1.82) is 0 Å². The predicted octanol–water partition coefficient (Wildman–Crippen LogP) is -1.63. The quantitative estimate of drug-likeness (QED) is 0.223. The lowest BCUT2D eigenvalue weighted by molar-refractivity contribution is -0.130. The molecular weight excluding hydrogens is 451 g/mol. The van der Waals surface area contributed by atoms with E-state index in [1.165, 1.54) is 6.92 Å². The maximum absolute atomic E-state index is 11.9. The number of nitrogens with one attached hydrogen (secondary N) is 2. The maximum atomic E-state index is 11.9. The van der Waals surface area contributed by atoms with Crippen molar-refractivity contribution in [2.24, 2.45) is 0 Å². The molecule has 16 nitrogen and oxygen atoms in total. The van der Waals surface area contributed by atoms with Crippen molar-refractivity contribution in [3.8, 4) is 0 Å². The van der Waals surface area contributed by atoms with Gasteiger partial charge in [-0.1, -0.05) is 0 Å². The van der Waals surface area contributed by atoms with Gasteiger partial charge in [-0.25, -0.2) is 18.5 Å². The summed E-state index contributed by atoms with van der Waals surface area (Å²) in [4.78, 5) is 61.9. The number of nitrogens with zero attached hydrogens (tertiary/aromatic N) is 1. The van der Waals surface area contributed by atoms with Gasteiger partial charge in [-0.3, -0.25) is 18.9 Å². The summed E-state index contributed by atoms with van der Waals surface area (Å²) in [6.07, 6.45) is -3.91. The number of aromatic nitrogens is 2. The number of hydrogen-bond acceptors (Lipinski definition) is 9. The van der Waals surface area contributed by atoms with Gasteiger partial charge < -0.3 is 29.4 Å². The molecule has 1 saturated heterocycles. The molecule has 1 aliphatic rings. The van der Waals surface area contributed by atoms with Crippen LogP contribution in [0.3, 0.4) is 0 Å². The zero-order chi connectivity index (χ0) is 21.5. The highest BCUT2D eigenvalue weighted by molar-refractivity contribution is 7.70. The number of phosphoric acid groups is 1. The Balaban J connectivity index is 2.13. The van der Waals surface area contributed by atoms with Crippen LogP contribution in [-0.4, -0.2) is 46.6 Å². The molecule has 0 aliphatic carbocycles. The highest BCUT2D eigenvalue weighted by Gasteiger charge is 2.44. The van der Waals surface area contributed by atoms with Crippen molar-refractivity contribution in [3.05, 3.63) is 32.6 Å². The molecule has 0 radical (unpaired) electrons. The van der Waals surface area contributed by atoms with Gasteiger partial charge in [0.1, 0.15) is 12.3 Å². The summed E-state index contributed by atoms with van der Waals surface area (Å²) in [7, 11) is -16.3. The Hall–Kier alpha value is -0.990. The number of aromatic amines is 1. The van der Waals surface area contributed by atoms with E-state index >= 15 is 0 Å². The fraction of sp³-hybridized carbons (Fsp3) is 0.556. The fourth-order valence-electron chi connectivity index (χ4n) is 2.18. The second kappa shape index (κ2) is 8.03. The lowest BCUT2D eigenvalue weighted by Crippen LogP contribution is -2.33. The summed E-state index contributed by atoms with van der Waals surface area (Å²) < 4.78 is 47.8. The van der Waals surface area contributed by atoms with E-state index in [1.54, 1.807) is 0 Å². The van der Waals surface area contributed by atoms with E-state index in [1.807, 2.05) is 4.98 Å². The van der Waals surface area contributed by atoms with Crippen molar-refractivity contribution in [2.45, 2.75) is 32.0 Å². The first-order valence-electron chi connectivity index (χ1n) is 7.14. The summed E-state index contributed by atoms with van der Waals surface area (Å²) in [5.41, 5.74) is -1.42. The van der Waals surface area contributed by atoms with Gasteiger partial charge >= 0.3 is 29.0 Å². The summed E-state index contributed by atoms with van der Waals surface area (Å²) in [5.74, 6) is 0. The molecule has 2 heterocycles. The second-order valence-electron chi connectivity index (χ2n) is 5.56. The molecule has 2 unspecified atom stereocenters. The van der Waals surface area contributed by atoms with Crippen LogP contribution in [0.2, 0.25) is 0 Å². The zero-order valence-corrected chi connectivity index (χ0v) is 16.5. The molecule has 0 saturated carbocycles. The zero-order valence-electron chi connectivity index (χ0n) is 13.8. The van der Waals surface area contributed by atoms with Crippen molar-refractivity contribution >= 4 is 23.3 Å². The highest BCUT2D eigenvalue weighted by atomic mass is 31.3. The van der Waals surface area contributed by atoms with Crippen LogP contribution < -0.4 is 16.1 Å². The number of H-pyrrole nitrogens is 1. The van der Waals surface area contributed by atoms with Crippen LogP contribution >= 0.6 is 23.3 Å². The molecule has 0 amide bonds. The van der Waals surface area contributed by atoms with Crippen LogP contribution in [0.4, 0.5) is 0 Å². The maximum Gasteiger partial charge on any atom is 0.477 e. The molecule has 7 N–H and O–H groups in total. The van der Waals surface area contributed by atoms with E-state index in [-0.39, 0.29) is 12.0 Å². The molecule has 2 rings (SSSR count). The van der Waals surface area contributed by atoms with E-state index < -0.39 is 53.2 Å². The Kier molecular flexibility index (Phi) is 6.68. The molecule has 1 aromatic rings. The standard InChI is InChI=1S/C9H16N3O13P3/c1-4-3-12(9(15)10-7(4)14)6-2-5(13)8(23-6)24-26(16,17)11-27(18,19)25-28(20,21)22/h3,5-6,8,13H,2H2,1H3,(H,10,14,15)(H2,20,21,22)(H3,11,16,17,18,19)/t5-,6-,8-/m1/s1. The molecule has 160 valence electrons. The van der Waals surface area contributed by atoms with Crippen molar-refractivity contribution in [1.82, 2.24) is 14.4 Å². The largest absolute Gasteiger partial charge is 0.477 e. The average Bonchev–Trinajstić information content (AvgIpc) is 2.78. The number of aliphatic hydroxyl groups excluding tert-OH is 1. The molecule has 0 aromatic carbocycles. The van der Waals surface area contributed by atoms with Gasteiger partial charge in [0.2, 0.25) is 0 Å². The number of aryl methyl sites for hydroxylation is 1. The van der Waals surface area contributed by atoms with Crippen LogP contribution in [0.15, 0.2) is 15.8 Å². The minimum Gasteiger partial charge on any atom is -0.388 e. The molecule has 1 aromatic heterocycles. The second-order valence-corrected chi connectivity index (χ2v) is 10.3. The molecular formula is C9H16N3O13P3. The normalized spacial score (nSPS) is 27.3. The average molecular weight is 467 g/mol. The van der Waals surface area contributed by atoms with Crippen LogP contribution in [-0.2, 0) is 27.3 Å². The molecule has 1 fully saturated rings. The third kappa shape index (κ3) is 6.26. The van der Waals surface area contributed by atoms with Crippen LogP contribution in [0.1, 0.15) is 18.2 Å². The Morgan fingerprint density at radius 2 is 1.82 bits per heavy atom. The Bertz CT molecular complexity index is 997. The number of aliphatic hydroxyl groups is 1. The minimum atomic E-state index is -5.50. The summed E-state index contributed by atoms with van der Waals surface area (Å²) in [5, 5.41) is 9.90. The predicted molar refractivity (Wildman–Crippen MR) is 87.6 cm³/mol. The van der Waals surface area contributed by atoms with Crippen molar-refractivity contribution in [3.63, 3.8) is 0 Å². The van der Waals surface area contributed by atoms with Gasteiger partial charge in [0.05, 0.1) is 0 Å². The Morgan fingerprint density at radius 1 is 1.21 bits per heavy atom. The lowest BCUT2D eigenvalue weighted by Gasteiger charge is -2.22. The summed E-state index contributed by atoms with van der Waals surface area (Å²) in [6.45, 7) is 1.39. The van der Waals surface area contributed by atoms with E-state index in [9.17, 15) is 38.2 Å². The third-order valence-corrected chi connectivity index (χ3v) is 7.47. The Labute approximate surface area is 155 Å². The molecule has 1 aliphatic heterocycles.